The summed E-state index contributed by atoms with van der Waals surface area (Å²) in [5.74, 6) is 6.97. The Morgan fingerprint density at radius 2 is 1.82 bits per heavy atom. The van der Waals surface area contributed by atoms with Gasteiger partial charge in [0.2, 0.25) is 0 Å². The van der Waals surface area contributed by atoms with Crippen LogP contribution in [0.4, 0.5) is 0 Å². The Morgan fingerprint density at radius 1 is 1.07 bits per heavy atom. The molecule has 218 valence electrons. The van der Waals surface area contributed by atoms with Gasteiger partial charge in [0.15, 0.2) is 0 Å². The highest BCUT2D eigenvalue weighted by Gasteiger charge is 2.72. The molecule has 6 nitrogen and oxygen atoms in total. The number of aliphatic carboxylic acids is 1. The molecule has 0 aliphatic heterocycles. The standard InChI is InChI=1S/C32H44N2O2.C2H4O2/c1-18(9-12-29-33-27-7-5-6-8-28(27)34-29)23-10-11-24-30-22-16-20-15-21(36-19(2)35)17-26(22)32(20,4)25(30)13-14-31(23,24)3;1-2(3)4/h5-8,18,20-26,30H,9-17H2,1-4H3,(H,33,34);1H3,(H,3,4). The topological polar surface area (TPSA) is 92.3 Å². The molecule has 11 atom stereocenters. The molecule has 5 aliphatic rings. The molecule has 5 saturated carbocycles. The smallest absolute Gasteiger partial charge is 0.302 e. The van der Waals surface area contributed by atoms with Gasteiger partial charge >= 0.3 is 5.97 Å². The minimum Gasteiger partial charge on any atom is -0.481 e. The van der Waals surface area contributed by atoms with Crippen molar-refractivity contribution in [3.8, 4) is 0 Å². The summed E-state index contributed by atoms with van der Waals surface area (Å²) in [7, 11) is 0. The summed E-state index contributed by atoms with van der Waals surface area (Å²) in [6.07, 6.45) is 11.8. The van der Waals surface area contributed by atoms with Crippen LogP contribution in [0.25, 0.3) is 11.0 Å². The number of esters is 1. The van der Waals surface area contributed by atoms with Gasteiger partial charge in [0.25, 0.3) is 5.97 Å². The molecule has 0 radical (unpaired) electrons. The predicted octanol–water partition coefficient (Wildman–Crippen LogP) is 7.28. The number of carbonyl (C=O) groups is 2. The lowest BCUT2D eigenvalue weighted by atomic mass is 9.49. The molecular formula is C34H48N2O4. The average Bonchev–Trinajstić information content (AvgIpc) is 3.55. The number of aromatic amines is 1. The Bertz CT molecular complexity index is 1230. The quantitative estimate of drug-likeness (QED) is 0.383. The number of H-pyrrole nitrogens is 1. The van der Waals surface area contributed by atoms with Gasteiger partial charge in [-0.25, -0.2) is 4.98 Å². The summed E-state index contributed by atoms with van der Waals surface area (Å²) in [6.45, 7) is 10.5. The predicted molar refractivity (Wildman–Crippen MR) is 155 cm³/mol. The van der Waals surface area contributed by atoms with E-state index < -0.39 is 5.97 Å². The third kappa shape index (κ3) is 4.39. The van der Waals surface area contributed by atoms with Crippen LogP contribution in [-0.2, 0) is 20.7 Å². The third-order valence-corrected chi connectivity index (χ3v) is 12.8. The van der Waals surface area contributed by atoms with Crippen LogP contribution in [0.5, 0.6) is 0 Å². The summed E-state index contributed by atoms with van der Waals surface area (Å²) >= 11 is 0. The van der Waals surface area contributed by atoms with E-state index in [1.54, 1.807) is 6.92 Å². The van der Waals surface area contributed by atoms with Crippen LogP contribution in [0.15, 0.2) is 24.3 Å². The summed E-state index contributed by atoms with van der Waals surface area (Å²) in [4.78, 5) is 29.1. The number of nitrogens with one attached hydrogen (secondary N) is 1. The van der Waals surface area contributed by atoms with Crippen molar-refractivity contribution in [3.63, 3.8) is 0 Å². The molecule has 2 N–H and O–H groups in total. The first-order valence-corrected chi connectivity index (χ1v) is 15.8. The Labute approximate surface area is 239 Å². The number of rotatable bonds is 5. The summed E-state index contributed by atoms with van der Waals surface area (Å²) in [5.41, 5.74) is 3.26. The van der Waals surface area contributed by atoms with Crippen molar-refractivity contribution in [2.24, 2.45) is 58.2 Å². The molecule has 0 amide bonds. The molecule has 2 aromatic rings. The molecule has 4 bridgehead atoms. The maximum absolute atomic E-state index is 11.7. The second kappa shape index (κ2) is 10.2. The second-order valence-corrected chi connectivity index (χ2v) is 14.5. The highest BCUT2D eigenvalue weighted by atomic mass is 16.5. The molecule has 5 fully saturated rings. The Kier molecular flexibility index (Phi) is 7.06. The molecule has 1 heterocycles. The normalized spacial score (nSPS) is 41.5. The molecule has 40 heavy (non-hydrogen) atoms. The van der Waals surface area contributed by atoms with E-state index in [1.807, 2.05) is 0 Å². The van der Waals surface area contributed by atoms with Crippen LogP contribution in [0.2, 0.25) is 0 Å². The van der Waals surface area contributed by atoms with Crippen LogP contribution >= 0.6 is 0 Å². The minimum absolute atomic E-state index is 0.0842. The van der Waals surface area contributed by atoms with Gasteiger partial charge in [0.1, 0.15) is 11.9 Å². The molecular weight excluding hydrogens is 500 g/mol. The molecule has 1 aromatic heterocycles. The van der Waals surface area contributed by atoms with E-state index in [0.29, 0.717) is 10.8 Å². The van der Waals surface area contributed by atoms with Gasteiger partial charge in [-0.15, -0.1) is 0 Å². The monoisotopic (exact) mass is 548 g/mol. The third-order valence-electron chi connectivity index (χ3n) is 12.8. The highest BCUT2D eigenvalue weighted by molar-refractivity contribution is 5.74. The number of aromatic nitrogens is 2. The SMILES string of the molecule is CC(=O)O.CC(=O)OC1CC2CC3C4C5CCC(C(C)CCc6nc7ccccc7[nH]6)C5(C)CCC4C2(C)C3C1. The Hall–Kier alpha value is -2.37. The maximum atomic E-state index is 11.7. The first-order chi connectivity index (χ1) is 19.0. The van der Waals surface area contributed by atoms with Gasteiger partial charge in [-0.1, -0.05) is 32.9 Å². The highest BCUT2D eigenvalue weighted by Crippen LogP contribution is 2.78. The van der Waals surface area contributed by atoms with E-state index in [-0.39, 0.29) is 12.1 Å². The zero-order valence-electron chi connectivity index (χ0n) is 25.0. The van der Waals surface area contributed by atoms with Gasteiger partial charge in [0, 0.05) is 20.3 Å². The maximum Gasteiger partial charge on any atom is 0.302 e. The number of carbonyl (C=O) groups excluding carboxylic acids is 1. The average molecular weight is 549 g/mol. The fourth-order valence-corrected chi connectivity index (χ4v) is 11.5. The van der Waals surface area contributed by atoms with Crippen molar-refractivity contribution in [1.29, 1.82) is 0 Å². The van der Waals surface area contributed by atoms with Crippen molar-refractivity contribution < 1.29 is 19.4 Å². The van der Waals surface area contributed by atoms with Crippen LogP contribution in [-0.4, -0.2) is 33.1 Å². The van der Waals surface area contributed by atoms with Crippen molar-refractivity contribution in [2.75, 3.05) is 0 Å². The van der Waals surface area contributed by atoms with Crippen molar-refractivity contribution >= 4 is 23.0 Å². The number of para-hydroxylation sites is 2. The van der Waals surface area contributed by atoms with Crippen LogP contribution in [0, 0.1) is 58.2 Å². The first-order valence-electron chi connectivity index (χ1n) is 15.8. The number of imidazole rings is 1. The van der Waals surface area contributed by atoms with Gasteiger partial charge in [-0.3, -0.25) is 9.59 Å². The zero-order valence-corrected chi connectivity index (χ0v) is 25.0. The van der Waals surface area contributed by atoms with Crippen molar-refractivity contribution in [1.82, 2.24) is 9.97 Å². The lowest BCUT2D eigenvalue weighted by Crippen LogP contribution is -2.49. The summed E-state index contributed by atoms with van der Waals surface area (Å²) < 4.78 is 5.79. The number of carboxylic acid groups (broad SMARTS) is 1. The van der Waals surface area contributed by atoms with Crippen molar-refractivity contribution in [3.05, 3.63) is 30.1 Å². The fraction of sp³-hybridized carbons (Fsp3) is 0.735. The largest absolute Gasteiger partial charge is 0.481 e. The molecule has 7 rings (SSSR count). The first kappa shape index (κ1) is 27.8. The number of carboxylic acids is 1. The number of aryl methyl sites for hydroxylation is 1. The number of hydrogen-bond acceptors (Lipinski definition) is 4. The van der Waals surface area contributed by atoms with Gasteiger partial charge in [-0.2, -0.15) is 0 Å². The minimum atomic E-state index is -0.833. The van der Waals surface area contributed by atoms with E-state index >= 15 is 0 Å². The number of ether oxygens (including phenoxy) is 1. The fourth-order valence-electron chi connectivity index (χ4n) is 11.5. The summed E-state index contributed by atoms with van der Waals surface area (Å²) in [5, 5.41) is 7.42. The van der Waals surface area contributed by atoms with E-state index in [9.17, 15) is 4.79 Å². The van der Waals surface area contributed by atoms with E-state index in [1.165, 1.54) is 38.5 Å². The second-order valence-electron chi connectivity index (χ2n) is 14.5. The number of fused-ring (bicyclic) bond motifs is 5. The van der Waals surface area contributed by atoms with Gasteiger partial charge in [0.05, 0.1) is 11.0 Å². The van der Waals surface area contributed by atoms with Crippen molar-refractivity contribution in [2.45, 2.75) is 98.5 Å². The van der Waals surface area contributed by atoms with E-state index in [4.69, 9.17) is 19.6 Å². The van der Waals surface area contributed by atoms with Crippen LogP contribution < -0.4 is 0 Å². The zero-order chi connectivity index (χ0) is 28.4. The lowest BCUT2D eigenvalue weighted by Gasteiger charge is -2.55. The Balaban J connectivity index is 0.000000680. The summed E-state index contributed by atoms with van der Waals surface area (Å²) in [6, 6.07) is 8.41. The molecule has 11 unspecified atom stereocenters. The lowest BCUT2D eigenvalue weighted by molar-refractivity contribution is -0.152. The molecule has 1 aromatic carbocycles. The number of hydrogen-bond donors (Lipinski definition) is 2. The Morgan fingerprint density at radius 3 is 2.55 bits per heavy atom. The number of nitrogens with zero attached hydrogens (tertiary/aromatic N) is 1. The van der Waals surface area contributed by atoms with Crippen LogP contribution in [0.1, 0.15) is 91.8 Å². The van der Waals surface area contributed by atoms with Gasteiger partial charge < -0.3 is 14.8 Å². The van der Waals surface area contributed by atoms with E-state index in [2.05, 4.69) is 50.0 Å². The van der Waals surface area contributed by atoms with Crippen LogP contribution in [0.3, 0.4) is 0 Å². The molecule has 6 heteroatoms. The molecule has 5 aliphatic carbocycles. The molecule has 0 spiro atoms. The van der Waals surface area contributed by atoms with Gasteiger partial charge in [-0.05, 0) is 122 Å². The number of benzene rings is 1. The molecule has 0 saturated heterocycles. The van der Waals surface area contributed by atoms with E-state index in [0.717, 1.165) is 90.4 Å².